The van der Waals surface area contributed by atoms with Crippen LogP contribution in [-0.2, 0) is 11.2 Å². The molecule has 2 unspecified atom stereocenters. The van der Waals surface area contributed by atoms with Crippen molar-refractivity contribution in [3.8, 4) is 0 Å². The number of guanidine groups is 1. The lowest BCUT2D eigenvalue weighted by Gasteiger charge is -2.39. The number of hydrogen-bond acceptors (Lipinski definition) is 2. The molecule has 2 atom stereocenters. The molecule has 3 N–H and O–H groups in total. The maximum Gasteiger partial charge on any atom is 0.193 e. The van der Waals surface area contributed by atoms with Crippen molar-refractivity contribution < 1.29 is 4.74 Å². The average Bonchev–Trinajstić information content (AvgIpc) is 2.52. The topological polar surface area (TPSA) is 59.6 Å². The monoisotopic (exact) mass is 445 g/mol. The molecule has 24 heavy (non-hydrogen) atoms. The molecule has 0 aromatic heterocycles. The summed E-state index contributed by atoms with van der Waals surface area (Å²) in [7, 11) is 0. The maximum atomic E-state index is 6.07. The van der Waals surface area contributed by atoms with Gasteiger partial charge in [-0.2, -0.15) is 0 Å². The van der Waals surface area contributed by atoms with E-state index >= 15 is 0 Å². The summed E-state index contributed by atoms with van der Waals surface area (Å²) in [4.78, 5) is 4.57. The SMILES string of the molecule is CCc1cccc(NC(N)=NCC2CCCOC2C(C)(C)C)c1.I. The molecule has 1 aliphatic rings. The molecule has 0 aliphatic carbocycles. The van der Waals surface area contributed by atoms with Crippen LogP contribution >= 0.6 is 24.0 Å². The number of nitrogens with two attached hydrogens (primary N) is 1. The largest absolute Gasteiger partial charge is 0.377 e. The lowest BCUT2D eigenvalue weighted by molar-refractivity contribution is -0.0823. The number of nitrogens with zero attached hydrogens (tertiary/aromatic N) is 1. The third kappa shape index (κ3) is 6.24. The molecule has 2 rings (SSSR count). The summed E-state index contributed by atoms with van der Waals surface area (Å²) in [5, 5.41) is 3.20. The lowest BCUT2D eigenvalue weighted by atomic mass is 9.78. The van der Waals surface area contributed by atoms with E-state index < -0.39 is 0 Å². The fourth-order valence-electron chi connectivity index (χ4n) is 3.26. The van der Waals surface area contributed by atoms with Gasteiger partial charge in [-0.15, -0.1) is 24.0 Å². The van der Waals surface area contributed by atoms with Gasteiger partial charge in [-0.05, 0) is 42.4 Å². The van der Waals surface area contributed by atoms with Crippen molar-refractivity contribution in [2.75, 3.05) is 18.5 Å². The minimum Gasteiger partial charge on any atom is -0.377 e. The molecule has 1 aromatic rings. The van der Waals surface area contributed by atoms with Crippen molar-refractivity contribution >= 4 is 35.6 Å². The fourth-order valence-corrected chi connectivity index (χ4v) is 3.26. The van der Waals surface area contributed by atoms with Gasteiger partial charge in [-0.1, -0.05) is 39.8 Å². The Bertz CT molecular complexity index is 540. The molecule has 1 saturated heterocycles. The van der Waals surface area contributed by atoms with Crippen LogP contribution in [0.2, 0.25) is 0 Å². The molecular weight excluding hydrogens is 413 g/mol. The Labute approximate surface area is 163 Å². The van der Waals surface area contributed by atoms with Gasteiger partial charge in [0, 0.05) is 24.8 Å². The Hall–Kier alpha value is -0.820. The molecule has 136 valence electrons. The van der Waals surface area contributed by atoms with Crippen molar-refractivity contribution in [3.05, 3.63) is 29.8 Å². The van der Waals surface area contributed by atoms with Crippen molar-refractivity contribution in [1.82, 2.24) is 0 Å². The molecule has 0 spiro atoms. The van der Waals surface area contributed by atoms with Crippen LogP contribution in [-0.4, -0.2) is 25.2 Å². The molecule has 1 aliphatic heterocycles. The van der Waals surface area contributed by atoms with Gasteiger partial charge in [-0.25, -0.2) is 0 Å². The summed E-state index contributed by atoms with van der Waals surface area (Å²) in [6.07, 6.45) is 3.53. The van der Waals surface area contributed by atoms with Crippen LogP contribution in [0.4, 0.5) is 5.69 Å². The smallest absolute Gasteiger partial charge is 0.193 e. The quantitative estimate of drug-likeness (QED) is 0.410. The maximum absolute atomic E-state index is 6.07. The second kappa shape index (κ2) is 9.61. The Balaban J connectivity index is 0.00000288. The van der Waals surface area contributed by atoms with Gasteiger partial charge in [0.25, 0.3) is 0 Å². The summed E-state index contributed by atoms with van der Waals surface area (Å²) < 4.78 is 6.01. The van der Waals surface area contributed by atoms with Crippen molar-refractivity contribution in [1.29, 1.82) is 0 Å². The van der Waals surface area contributed by atoms with Crippen LogP contribution in [0.1, 0.15) is 46.1 Å². The second-order valence-electron chi connectivity index (χ2n) is 7.46. The average molecular weight is 445 g/mol. The standard InChI is InChI=1S/C19H31N3O.HI/c1-5-14-8-6-10-16(12-14)22-18(20)21-13-15-9-7-11-23-17(15)19(2,3)4;/h6,8,10,12,15,17H,5,7,9,11,13H2,1-4H3,(H3,20,21,22);1H. The molecule has 5 heteroatoms. The first kappa shape index (κ1) is 21.2. The van der Waals surface area contributed by atoms with Gasteiger partial charge < -0.3 is 15.8 Å². The summed E-state index contributed by atoms with van der Waals surface area (Å²) >= 11 is 0. The van der Waals surface area contributed by atoms with E-state index in [2.05, 4.69) is 50.1 Å². The van der Waals surface area contributed by atoms with E-state index in [1.165, 1.54) is 5.56 Å². The van der Waals surface area contributed by atoms with Crippen molar-refractivity contribution in [3.63, 3.8) is 0 Å². The highest BCUT2D eigenvalue weighted by Gasteiger charge is 2.35. The first-order valence-electron chi connectivity index (χ1n) is 8.67. The van der Waals surface area contributed by atoms with E-state index in [9.17, 15) is 0 Å². The van der Waals surface area contributed by atoms with Gasteiger partial charge in [0.2, 0.25) is 0 Å². The van der Waals surface area contributed by atoms with Gasteiger partial charge in [0.05, 0.1) is 6.10 Å². The summed E-state index contributed by atoms with van der Waals surface area (Å²) in [6.45, 7) is 10.4. The van der Waals surface area contributed by atoms with E-state index in [-0.39, 0.29) is 35.5 Å². The molecule has 1 aromatic carbocycles. The van der Waals surface area contributed by atoms with E-state index in [0.717, 1.165) is 31.6 Å². The van der Waals surface area contributed by atoms with Gasteiger partial charge in [0.1, 0.15) is 0 Å². The highest BCUT2D eigenvalue weighted by molar-refractivity contribution is 14.0. The third-order valence-electron chi connectivity index (χ3n) is 4.40. The van der Waals surface area contributed by atoms with Gasteiger partial charge >= 0.3 is 0 Å². The van der Waals surface area contributed by atoms with Crippen molar-refractivity contribution in [2.24, 2.45) is 22.1 Å². The first-order chi connectivity index (χ1) is 10.9. The Morgan fingerprint density at radius 3 is 2.79 bits per heavy atom. The number of benzene rings is 1. The fraction of sp³-hybridized carbons (Fsp3) is 0.632. The zero-order chi connectivity index (χ0) is 16.9. The zero-order valence-corrected chi connectivity index (χ0v) is 17.7. The van der Waals surface area contributed by atoms with Crippen LogP contribution in [0.5, 0.6) is 0 Å². The van der Waals surface area contributed by atoms with Crippen LogP contribution in [0.3, 0.4) is 0 Å². The number of anilines is 1. The molecule has 0 bridgehead atoms. The Morgan fingerprint density at radius 1 is 1.38 bits per heavy atom. The molecule has 1 fully saturated rings. The number of aryl methyl sites for hydroxylation is 1. The van der Waals surface area contributed by atoms with E-state index in [0.29, 0.717) is 18.4 Å². The van der Waals surface area contributed by atoms with E-state index in [1.807, 2.05) is 12.1 Å². The predicted octanol–water partition coefficient (Wildman–Crippen LogP) is 4.43. The van der Waals surface area contributed by atoms with Gasteiger partial charge in [0.15, 0.2) is 5.96 Å². The number of aliphatic imine (C=N–C) groups is 1. The van der Waals surface area contributed by atoms with Crippen molar-refractivity contribution in [2.45, 2.75) is 53.1 Å². The highest BCUT2D eigenvalue weighted by atomic mass is 127. The van der Waals surface area contributed by atoms with E-state index in [1.54, 1.807) is 0 Å². The lowest BCUT2D eigenvalue weighted by Crippen LogP contribution is -2.41. The normalized spacial score (nSPS) is 21.9. The Kier molecular flexibility index (Phi) is 8.50. The van der Waals surface area contributed by atoms with Gasteiger partial charge in [-0.3, -0.25) is 4.99 Å². The molecule has 0 radical (unpaired) electrons. The highest BCUT2D eigenvalue weighted by Crippen LogP contribution is 2.34. The van der Waals surface area contributed by atoms with E-state index in [4.69, 9.17) is 10.5 Å². The van der Waals surface area contributed by atoms with Crippen LogP contribution in [0.25, 0.3) is 0 Å². The number of rotatable bonds is 4. The summed E-state index contributed by atoms with van der Waals surface area (Å²) in [6, 6.07) is 8.29. The van der Waals surface area contributed by atoms with Crippen LogP contribution in [0, 0.1) is 11.3 Å². The number of nitrogens with one attached hydrogen (secondary N) is 1. The first-order valence-corrected chi connectivity index (χ1v) is 8.67. The van der Waals surface area contributed by atoms with Crippen LogP contribution in [0.15, 0.2) is 29.3 Å². The molecule has 0 amide bonds. The number of ether oxygens (including phenoxy) is 1. The molecular formula is C19H32IN3O. The minimum atomic E-state index is 0. The predicted molar refractivity (Wildman–Crippen MR) is 113 cm³/mol. The third-order valence-corrected chi connectivity index (χ3v) is 4.40. The Morgan fingerprint density at radius 2 is 2.12 bits per heavy atom. The number of halogens is 1. The second-order valence-corrected chi connectivity index (χ2v) is 7.46. The molecule has 0 saturated carbocycles. The summed E-state index contributed by atoms with van der Waals surface area (Å²) in [5.74, 6) is 0.919. The number of hydrogen-bond donors (Lipinski definition) is 2. The molecule has 1 heterocycles. The zero-order valence-electron chi connectivity index (χ0n) is 15.3. The molecule has 4 nitrogen and oxygen atoms in total. The minimum absolute atomic E-state index is 0. The van der Waals surface area contributed by atoms with Crippen LogP contribution < -0.4 is 11.1 Å². The summed E-state index contributed by atoms with van der Waals surface area (Å²) in [5.41, 5.74) is 8.49.